The summed E-state index contributed by atoms with van der Waals surface area (Å²) in [4.78, 5) is 17.6. The van der Waals surface area contributed by atoms with Gasteiger partial charge in [0.1, 0.15) is 0 Å². The van der Waals surface area contributed by atoms with Crippen LogP contribution in [-0.2, 0) is 11.3 Å². The molecule has 0 aliphatic rings. The van der Waals surface area contributed by atoms with Gasteiger partial charge in [0.05, 0.1) is 18.8 Å². The molecule has 6 heteroatoms. The smallest absolute Gasteiger partial charge is 0.317 e. The number of thiazole rings is 1. The van der Waals surface area contributed by atoms with E-state index < -0.39 is 5.97 Å². The Bertz CT molecular complexity index is 538. The van der Waals surface area contributed by atoms with Crippen LogP contribution in [0.25, 0.3) is 4.96 Å². The Kier molecular flexibility index (Phi) is 3.42. The number of carboxylic acid groups (broad SMARTS) is 1. The second-order valence-electron chi connectivity index (χ2n) is 3.57. The van der Waals surface area contributed by atoms with E-state index in [0.717, 1.165) is 10.7 Å². The second-order valence-corrected chi connectivity index (χ2v) is 4.44. The van der Waals surface area contributed by atoms with E-state index in [4.69, 9.17) is 11.5 Å². The molecule has 0 unspecified atom stereocenters. The minimum atomic E-state index is -0.888. The zero-order valence-electron chi connectivity index (χ0n) is 9.04. The highest BCUT2D eigenvalue weighted by Crippen LogP contribution is 2.12. The fraction of sp³-hybridized carbons (Fsp3) is 0.273. The van der Waals surface area contributed by atoms with Gasteiger partial charge in [0.15, 0.2) is 4.96 Å². The highest BCUT2D eigenvalue weighted by atomic mass is 32.1. The predicted molar refractivity (Wildman–Crippen MR) is 64.8 cm³/mol. The van der Waals surface area contributed by atoms with Crippen molar-refractivity contribution in [2.45, 2.75) is 6.54 Å². The Morgan fingerprint density at radius 1 is 1.71 bits per heavy atom. The van der Waals surface area contributed by atoms with E-state index in [1.54, 1.807) is 4.90 Å². The minimum Gasteiger partial charge on any atom is -0.480 e. The maximum atomic E-state index is 10.7. The average molecular weight is 249 g/mol. The third-order valence-corrected chi connectivity index (χ3v) is 2.97. The van der Waals surface area contributed by atoms with Crippen molar-refractivity contribution in [3.8, 4) is 12.3 Å². The first kappa shape index (κ1) is 11.6. The maximum Gasteiger partial charge on any atom is 0.317 e. The number of fused-ring (bicyclic) bond motifs is 1. The van der Waals surface area contributed by atoms with Crippen LogP contribution in [0.5, 0.6) is 0 Å². The molecule has 0 aliphatic heterocycles. The molecule has 1 N–H and O–H groups in total. The number of nitrogens with zero attached hydrogens (tertiary/aromatic N) is 3. The van der Waals surface area contributed by atoms with E-state index in [9.17, 15) is 4.79 Å². The first-order valence-corrected chi connectivity index (χ1v) is 5.85. The lowest BCUT2D eigenvalue weighted by Crippen LogP contribution is -2.29. The zero-order valence-corrected chi connectivity index (χ0v) is 9.85. The molecule has 0 spiro atoms. The first-order valence-electron chi connectivity index (χ1n) is 4.97. The van der Waals surface area contributed by atoms with Crippen LogP contribution in [0.2, 0.25) is 0 Å². The van der Waals surface area contributed by atoms with Crippen molar-refractivity contribution < 1.29 is 9.90 Å². The fourth-order valence-electron chi connectivity index (χ4n) is 1.57. The number of imidazole rings is 1. The Hall–Kier alpha value is -1.84. The Morgan fingerprint density at radius 3 is 3.18 bits per heavy atom. The molecule has 0 fully saturated rings. The second kappa shape index (κ2) is 4.99. The fourth-order valence-corrected chi connectivity index (χ4v) is 2.29. The van der Waals surface area contributed by atoms with E-state index in [1.807, 2.05) is 22.2 Å². The van der Waals surface area contributed by atoms with Gasteiger partial charge < -0.3 is 5.11 Å². The van der Waals surface area contributed by atoms with Crippen LogP contribution in [0.1, 0.15) is 5.69 Å². The third kappa shape index (κ3) is 2.84. The van der Waals surface area contributed by atoms with Gasteiger partial charge in [-0.15, -0.1) is 17.8 Å². The number of rotatable bonds is 5. The summed E-state index contributed by atoms with van der Waals surface area (Å²) < 4.78 is 1.91. The molecule has 0 saturated carbocycles. The van der Waals surface area contributed by atoms with Crippen LogP contribution < -0.4 is 0 Å². The summed E-state index contributed by atoms with van der Waals surface area (Å²) in [6.45, 7) is 0.678. The minimum absolute atomic E-state index is 0.0740. The van der Waals surface area contributed by atoms with Crippen molar-refractivity contribution >= 4 is 22.3 Å². The van der Waals surface area contributed by atoms with Gasteiger partial charge in [-0.3, -0.25) is 14.1 Å². The van der Waals surface area contributed by atoms with Gasteiger partial charge in [0, 0.05) is 24.3 Å². The first-order chi connectivity index (χ1) is 8.19. The standard InChI is InChI=1S/C11H11N3O2S/c1-2-3-13(8-10(15)16)6-9-7-14-4-5-17-11(14)12-9/h1,4-5,7H,3,6,8H2,(H,15,16). The quantitative estimate of drug-likeness (QED) is 0.800. The lowest BCUT2D eigenvalue weighted by atomic mass is 10.4. The van der Waals surface area contributed by atoms with Crippen molar-refractivity contribution in [1.82, 2.24) is 14.3 Å². The maximum absolute atomic E-state index is 10.7. The number of hydrogen-bond acceptors (Lipinski definition) is 4. The number of aliphatic carboxylic acids is 1. The SMILES string of the molecule is C#CCN(CC(=O)O)Cc1cn2ccsc2n1. The molecule has 2 rings (SSSR count). The molecule has 0 saturated heterocycles. The Balaban J connectivity index is 2.09. The van der Waals surface area contributed by atoms with Crippen LogP contribution in [0.4, 0.5) is 0 Å². The molecular weight excluding hydrogens is 238 g/mol. The van der Waals surface area contributed by atoms with Gasteiger partial charge in [0.2, 0.25) is 0 Å². The molecular formula is C11H11N3O2S. The van der Waals surface area contributed by atoms with Crippen molar-refractivity contribution in [2.24, 2.45) is 0 Å². The molecule has 0 atom stereocenters. The Labute approximate surface area is 102 Å². The monoisotopic (exact) mass is 249 g/mol. The lowest BCUT2D eigenvalue weighted by Gasteiger charge is -2.15. The molecule has 0 aliphatic carbocycles. The summed E-state index contributed by atoms with van der Waals surface area (Å²) in [6, 6.07) is 0. The van der Waals surface area contributed by atoms with Gasteiger partial charge in [0.25, 0.3) is 0 Å². The van der Waals surface area contributed by atoms with E-state index in [-0.39, 0.29) is 6.54 Å². The van der Waals surface area contributed by atoms with Gasteiger partial charge in [-0.2, -0.15) is 0 Å². The normalized spacial score (nSPS) is 10.8. The number of carboxylic acids is 1. The lowest BCUT2D eigenvalue weighted by molar-refractivity contribution is -0.138. The highest BCUT2D eigenvalue weighted by molar-refractivity contribution is 7.15. The number of terminal acetylenes is 1. The van der Waals surface area contributed by atoms with Crippen LogP contribution in [-0.4, -0.2) is 38.4 Å². The molecule has 2 aromatic heterocycles. The number of aromatic nitrogens is 2. The predicted octanol–water partition coefficient (Wildman–Crippen LogP) is 0.916. The van der Waals surface area contributed by atoms with Gasteiger partial charge in [-0.05, 0) is 0 Å². The molecule has 2 heterocycles. The summed E-state index contributed by atoms with van der Waals surface area (Å²) in [5.74, 6) is 1.56. The van der Waals surface area contributed by atoms with Crippen molar-refractivity contribution in [1.29, 1.82) is 0 Å². The van der Waals surface area contributed by atoms with Crippen LogP contribution in [0.3, 0.4) is 0 Å². The molecule has 0 aromatic carbocycles. The van der Waals surface area contributed by atoms with E-state index in [0.29, 0.717) is 13.1 Å². The summed E-state index contributed by atoms with van der Waals surface area (Å²) in [6.07, 6.45) is 9.01. The van der Waals surface area contributed by atoms with Crippen molar-refractivity contribution in [3.63, 3.8) is 0 Å². The molecule has 2 aromatic rings. The van der Waals surface area contributed by atoms with Crippen molar-refractivity contribution in [3.05, 3.63) is 23.5 Å². The van der Waals surface area contributed by atoms with Crippen LogP contribution in [0, 0.1) is 12.3 Å². The molecule has 0 amide bonds. The largest absolute Gasteiger partial charge is 0.480 e. The van der Waals surface area contributed by atoms with Gasteiger partial charge >= 0.3 is 5.97 Å². The summed E-state index contributed by atoms with van der Waals surface area (Å²) in [5.41, 5.74) is 0.827. The number of carbonyl (C=O) groups is 1. The Morgan fingerprint density at radius 2 is 2.53 bits per heavy atom. The van der Waals surface area contributed by atoms with Crippen LogP contribution in [0.15, 0.2) is 17.8 Å². The molecule has 17 heavy (non-hydrogen) atoms. The van der Waals surface area contributed by atoms with Gasteiger partial charge in [-0.25, -0.2) is 4.98 Å². The van der Waals surface area contributed by atoms with E-state index in [2.05, 4.69) is 10.9 Å². The van der Waals surface area contributed by atoms with E-state index in [1.165, 1.54) is 11.3 Å². The van der Waals surface area contributed by atoms with E-state index >= 15 is 0 Å². The molecule has 0 radical (unpaired) electrons. The highest BCUT2D eigenvalue weighted by Gasteiger charge is 2.11. The summed E-state index contributed by atoms with van der Waals surface area (Å²) in [7, 11) is 0. The average Bonchev–Trinajstić information content (AvgIpc) is 2.76. The number of hydrogen-bond donors (Lipinski definition) is 1. The van der Waals surface area contributed by atoms with Gasteiger partial charge in [-0.1, -0.05) is 5.92 Å². The third-order valence-electron chi connectivity index (χ3n) is 2.20. The summed E-state index contributed by atoms with van der Waals surface area (Å²) >= 11 is 1.54. The molecule has 5 nitrogen and oxygen atoms in total. The summed E-state index contributed by atoms with van der Waals surface area (Å²) in [5, 5.41) is 10.7. The molecule has 0 bridgehead atoms. The van der Waals surface area contributed by atoms with Crippen LogP contribution >= 0.6 is 11.3 Å². The van der Waals surface area contributed by atoms with Crippen molar-refractivity contribution in [2.75, 3.05) is 13.1 Å². The molecule has 88 valence electrons. The topological polar surface area (TPSA) is 57.8 Å². The zero-order chi connectivity index (χ0) is 12.3.